The highest BCUT2D eigenvalue weighted by atomic mass is 15.1. The van der Waals surface area contributed by atoms with E-state index in [0.717, 1.165) is 33.5 Å². The van der Waals surface area contributed by atoms with E-state index in [1.165, 1.54) is 0 Å². The Balaban J connectivity index is 2.04. The number of anilines is 1. The van der Waals surface area contributed by atoms with Gasteiger partial charge in [-0.15, -0.1) is 0 Å². The molecule has 4 rings (SSSR count). The normalized spacial score (nSPS) is 16.3. The van der Waals surface area contributed by atoms with Gasteiger partial charge in [-0.25, -0.2) is 0 Å². The molecule has 120 valence electrons. The summed E-state index contributed by atoms with van der Waals surface area (Å²) < 4.78 is 0. The number of hydrogen-bond acceptors (Lipinski definition) is 2. The highest BCUT2D eigenvalue weighted by Crippen LogP contribution is 2.46. The molecule has 2 heteroatoms. The number of hydrogen-bond donors (Lipinski definition) is 0. The van der Waals surface area contributed by atoms with Crippen LogP contribution in [0.5, 0.6) is 0 Å². The van der Waals surface area contributed by atoms with Crippen LogP contribution in [-0.4, -0.2) is 7.05 Å². The number of nitriles is 1. The van der Waals surface area contributed by atoms with Gasteiger partial charge in [-0.2, -0.15) is 5.26 Å². The Kier molecular flexibility index (Phi) is 3.84. The molecule has 1 aliphatic rings. The molecule has 2 nitrogen and oxygen atoms in total. The molecule has 1 unspecified atom stereocenters. The van der Waals surface area contributed by atoms with Gasteiger partial charge in [-0.1, -0.05) is 78.9 Å². The van der Waals surface area contributed by atoms with E-state index >= 15 is 0 Å². The monoisotopic (exact) mass is 322 g/mol. The van der Waals surface area contributed by atoms with Crippen LogP contribution < -0.4 is 4.90 Å². The zero-order valence-corrected chi connectivity index (χ0v) is 14.1. The molecule has 25 heavy (non-hydrogen) atoms. The molecule has 3 aromatic carbocycles. The van der Waals surface area contributed by atoms with Crippen molar-refractivity contribution in [3.05, 3.63) is 107 Å². The zero-order valence-electron chi connectivity index (χ0n) is 14.1. The van der Waals surface area contributed by atoms with Gasteiger partial charge in [0.2, 0.25) is 0 Å². The summed E-state index contributed by atoms with van der Waals surface area (Å²) in [6.45, 7) is 0. The Bertz CT molecular complexity index is 966. The summed E-state index contributed by atoms with van der Waals surface area (Å²) in [6, 6.07) is 31.2. The first-order valence-corrected chi connectivity index (χ1v) is 8.38. The zero-order chi connectivity index (χ0) is 17.2. The van der Waals surface area contributed by atoms with E-state index in [9.17, 15) is 5.26 Å². The summed E-state index contributed by atoms with van der Waals surface area (Å²) in [5.74, 6) is 0. The fourth-order valence-corrected chi connectivity index (χ4v) is 3.67. The molecule has 0 spiro atoms. The largest absolute Gasteiger partial charge is 0.362 e. The molecule has 0 saturated carbocycles. The van der Waals surface area contributed by atoms with Gasteiger partial charge in [-0.05, 0) is 17.2 Å². The predicted molar refractivity (Wildman–Crippen MR) is 102 cm³/mol. The van der Waals surface area contributed by atoms with Crippen LogP contribution >= 0.6 is 0 Å². The maximum Gasteiger partial charge on any atom is 0.0979 e. The topological polar surface area (TPSA) is 27.0 Å². The minimum absolute atomic E-state index is 0.0868. The van der Waals surface area contributed by atoms with Crippen molar-refractivity contribution in [2.24, 2.45) is 0 Å². The van der Waals surface area contributed by atoms with Gasteiger partial charge >= 0.3 is 0 Å². The van der Waals surface area contributed by atoms with Crippen molar-refractivity contribution in [1.82, 2.24) is 0 Å². The number of benzene rings is 3. The average Bonchev–Trinajstić information content (AvgIpc) is 2.69. The van der Waals surface area contributed by atoms with Crippen molar-refractivity contribution in [2.45, 2.75) is 6.04 Å². The van der Waals surface area contributed by atoms with E-state index in [0.29, 0.717) is 0 Å². The smallest absolute Gasteiger partial charge is 0.0979 e. The van der Waals surface area contributed by atoms with Crippen molar-refractivity contribution in [1.29, 1.82) is 5.26 Å². The Morgan fingerprint density at radius 1 is 0.800 bits per heavy atom. The first-order chi connectivity index (χ1) is 12.3. The Labute approximate surface area is 148 Å². The van der Waals surface area contributed by atoms with E-state index in [1.54, 1.807) is 0 Å². The molecule has 0 radical (unpaired) electrons. The van der Waals surface area contributed by atoms with E-state index in [1.807, 2.05) is 42.5 Å². The number of nitrogens with zero attached hydrogens (tertiary/aromatic N) is 2. The van der Waals surface area contributed by atoms with Gasteiger partial charge in [0.1, 0.15) is 0 Å². The third kappa shape index (κ3) is 2.51. The second-order valence-electron chi connectivity index (χ2n) is 6.21. The third-order valence-electron chi connectivity index (χ3n) is 4.78. The summed E-state index contributed by atoms with van der Waals surface area (Å²) in [6.07, 6.45) is 0. The van der Waals surface area contributed by atoms with Crippen LogP contribution in [0.3, 0.4) is 0 Å². The lowest BCUT2D eigenvalue weighted by Crippen LogP contribution is -2.30. The molecule has 1 heterocycles. The van der Waals surface area contributed by atoms with Crippen LogP contribution in [0.15, 0.2) is 90.5 Å². The van der Waals surface area contributed by atoms with Crippen LogP contribution in [0.2, 0.25) is 0 Å². The highest BCUT2D eigenvalue weighted by Gasteiger charge is 2.32. The second-order valence-corrected chi connectivity index (χ2v) is 6.21. The van der Waals surface area contributed by atoms with Crippen molar-refractivity contribution in [2.75, 3.05) is 11.9 Å². The first kappa shape index (κ1) is 15.2. The van der Waals surface area contributed by atoms with Gasteiger partial charge in [0.25, 0.3) is 0 Å². The Morgan fingerprint density at radius 2 is 1.40 bits per heavy atom. The van der Waals surface area contributed by atoms with Crippen LogP contribution in [-0.2, 0) is 0 Å². The molecular formula is C23H18N2. The second kappa shape index (κ2) is 6.30. The van der Waals surface area contributed by atoms with Crippen LogP contribution in [0.1, 0.15) is 22.7 Å². The molecule has 1 aliphatic heterocycles. The molecule has 0 bridgehead atoms. The lowest BCUT2D eigenvalue weighted by Gasteiger charge is -2.37. The fourth-order valence-electron chi connectivity index (χ4n) is 3.67. The summed E-state index contributed by atoms with van der Waals surface area (Å²) in [4.78, 5) is 2.20. The van der Waals surface area contributed by atoms with Crippen LogP contribution in [0, 0.1) is 11.3 Å². The van der Waals surface area contributed by atoms with Gasteiger partial charge in [0.15, 0.2) is 0 Å². The van der Waals surface area contributed by atoms with Crippen molar-refractivity contribution in [3.63, 3.8) is 0 Å². The standard InChI is InChI=1S/C23H18N2/c1-25-21-15-9-8-14-19(21)22(17-10-4-2-5-11-17)20(16-24)23(25)18-12-6-3-7-13-18/h2-15,23H,1H3. The average molecular weight is 322 g/mol. The van der Waals surface area contributed by atoms with Crippen molar-refractivity contribution < 1.29 is 0 Å². The summed E-state index contributed by atoms with van der Waals surface area (Å²) in [5.41, 5.74) is 6.29. The van der Waals surface area contributed by atoms with Crippen molar-refractivity contribution >= 4 is 11.3 Å². The quantitative estimate of drug-likeness (QED) is 0.648. The molecule has 3 aromatic rings. The number of likely N-dealkylation sites (N-methyl/N-ethyl adjacent to an activating group) is 1. The molecular weight excluding hydrogens is 304 g/mol. The lowest BCUT2D eigenvalue weighted by molar-refractivity contribution is 0.775. The van der Waals surface area contributed by atoms with Gasteiger partial charge in [0.05, 0.1) is 17.7 Å². The van der Waals surface area contributed by atoms with Crippen molar-refractivity contribution in [3.8, 4) is 6.07 Å². The summed E-state index contributed by atoms with van der Waals surface area (Å²) in [5, 5.41) is 10.1. The predicted octanol–water partition coefficient (Wildman–Crippen LogP) is 5.20. The highest BCUT2D eigenvalue weighted by molar-refractivity contribution is 5.93. The summed E-state index contributed by atoms with van der Waals surface area (Å²) >= 11 is 0. The third-order valence-corrected chi connectivity index (χ3v) is 4.78. The fraction of sp³-hybridized carbons (Fsp3) is 0.0870. The molecule has 0 N–H and O–H groups in total. The SMILES string of the molecule is CN1c2ccccc2C(c2ccccc2)=C(C#N)C1c1ccccc1. The first-order valence-electron chi connectivity index (χ1n) is 8.38. The number of fused-ring (bicyclic) bond motifs is 1. The van der Waals surface area contributed by atoms with Crippen LogP contribution in [0.25, 0.3) is 5.57 Å². The number of para-hydroxylation sites is 1. The molecule has 0 saturated heterocycles. The van der Waals surface area contributed by atoms with Gasteiger partial charge < -0.3 is 4.90 Å². The Morgan fingerprint density at radius 3 is 2.08 bits per heavy atom. The maximum atomic E-state index is 10.1. The Hall–Kier alpha value is -3.31. The van der Waals surface area contributed by atoms with Crippen LogP contribution in [0.4, 0.5) is 5.69 Å². The minimum atomic E-state index is -0.0868. The van der Waals surface area contributed by atoms with E-state index in [2.05, 4.69) is 60.5 Å². The van der Waals surface area contributed by atoms with Gasteiger partial charge in [0, 0.05) is 23.9 Å². The number of rotatable bonds is 2. The van der Waals surface area contributed by atoms with E-state index in [-0.39, 0.29) is 6.04 Å². The molecule has 0 fully saturated rings. The summed E-state index contributed by atoms with van der Waals surface area (Å²) in [7, 11) is 2.07. The lowest BCUT2D eigenvalue weighted by atomic mass is 9.82. The van der Waals surface area contributed by atoms with Gasteiger partial charge in [-0.3, -0.25) is 0 Å². The molecule has 0 amide bonds. The molecule has 0 aliphatic carbocycles. The molecule has 0 aromatic heterocycles. The molecule has 1 atom stereocenters. The minimum Gasteiger partial charge on any atom is -0.362 e. The maximum absolute atomic E-state index is 10.1. The van der Waals surface area contributed by atoms with E-state index in [4.69, 9.17) is 0 Å². The van der Waals surface area contributed by atoms with E-state index < -0.39 is 0 Å².